The standard InChI is InChI=1S/C16H19N3O3/c20-16(21)15-14(22-13-6-2-1-3-7-13)12-17-19(15)11-10-18-8-4-5-9-18/h1-3,6-7,12H,4-5,8-11H2,(H,20,21). The minimum Gasteiger partial charge on any atom is -0.476 e. The van der Waals surface area contributed by atoms with Gasteiger partial charge in [-0.3, -0.25) is 4.68 Å². The molecule has 6 nitrogen and oxygen atoms in total. The van der Waals surface area contributed by atoms with Crippen molar-refractivity contribution in [3.63, 3.8) is 0 Å². The molecule has 6 heteroatoms. The van der Waals surface area contributed by atoms with Crippen molar-refractivity contribution in [2.45, 2.75) is 19.4 Å². The third-order valence-electron chi connectivity index (χ3n) is 3.81. The van der Waals surface area contributed by atoms with Gasteiger partial charge in [-0.2, -0.15) is 5.10 Å². The van der Waals surface area contributed by atoms with Gasteiger partial charge in [0.1, 0.15) is 5.75 Å². The Labute approximate surface area is 128 Å². The van der Waals surface area contributed by atoms with Gasteiger partial charge in [-0.1, -0.05) is 18.2 Å². The highest BCUT2D eigenvalue weighted by molar-refractivity contribution is 5.88. The molecule has 0 unspecified atom stereocenters. The van der Waals surface area contributed by atoms with E-state index in [1.165, 1.54) is 23.7 Å². The first kappa shape index (κ1) is 14.6. The molecule has 0 saturated carbocycles. The highest BCUT2D eigenvalue weighted by atomic mass is 16.5. The molecule has 1 aliphatic rings. The van der Waals surface area contributed by atoms with Crippen LogP contribution in [0.5, 0.6) is 11.5 Å². The summed E-state index contributed by atoms with van der Waals surface area (Å²) in [7, 11) is 0. The number of carboxylic acids is 1. The van der Waals surface area contributed by atoms with Crippen LogP contribution in [-0.4, -0.2) is 45.4 Å². The normalized spacial score (nSPS) is 15.1. The third kappa shape index (κ3) is 3.28. The average molecular weight is 301 g/mol. The minimum atomic E-state index is -1.02. The number of aromatic nitrogens is 2. The van der Waals surface area contributed by atoms with Gasteiger partial charge in [-0.15, -0.1) is 0 Å². The summed E-state index contributed by atoms with van der Waals surface area (Å²) in [5.74, 6) is -0.144. The highest BCUT2D eigenvalue weighted by Crippen LogP contribution is 2.25. The summed E-state index contributed by atoms with van der Waals surface area (Å²) in [6.45, 7) is 3.53. The number of para-hydroxylation sites is 1. The Bertz CT molecular complexity index is 633. The Hall–Kier alpha value is -2.34. The Kier molecular flexibility index (Phi) is 4.39. The molecule has 0 atom stereocenters. The summed E-state index contributed by atoms with van der Waals surface area (Å²) in [5.41, 5.74) is 0.100. The van der Waals surface area contributed by atoms with E-state index < -0.39 is 5.97 Å². The van der Waals surface area contributed by atoms with E-state index in [2.05, 4.69) is 10.00 Å². The van der Waals surface area contributed by atoms with Gasteiger partial charge in [0, 0.05) is 6.54 Å². The maximum atomic E-state index is 11.5. The molecule has 2 heterocycles. The second kappa shape index (κ2) is 6.62. The molecule has 1 N–H and O–H groups in total. The van der Waals surface area contributed by atoms with Crippen molar-refractivity contribution in [1.29, 1.82) is 0 Å². The van der Waals surface area contributed by atoms with Crippen molar-refractivity contribution in [3.05, 3.63) is 42.2 Å². The van der Waals surface area contributed by atoms with Gasteiger partial charge in [0.2, 0.25) is 0 Å². The number of ether oxygens (including phenoxy) is 1. The van der Waals surface area contributed by atoms with E-state index in [9.17, 15) is 9.90 Å². The SMILES string of the molecule is O=C(O)c1c(Oc2ccccc2)cnn1CCN1CCCC1. The topological polar surface area (TPSA) is 67.6 Å². The maximum Gasteiger partial charge on any atom is 0.358 e. The number of rotatable bonds is 6. The van der Waals surface area contributed by atoms with Crippen LogP contribution < -0.4 is 4.74 Å². The molecule has 1 fully saturated rings. The van der Waals surface area contributed by atoms with E-state index in [0.29, 0.717) is 12.3 Å². The summed E-state index contributed by atoms with van der Waals surface area (Å²) in [6.07, 6.45) is 3.90. The fraction of sp³-hybridized carbons (Fsp3) is 0.375. The number of carbonyl (C=O) groups is 1. The molecule has 2 aromatic rings. The van der Waals surface area contributed by atoms with E-state index in [0.717, 1.165) is 19.6 Å². The Morgan fingerprint density at radius 1 is 1.18 bits per heavy atom. The number of aromatic carboxylic acids is 1. The first-order valence-electron chi connectivity index (χ1n) is 7.48. The van der Waals surface area contributed by atoms with Crippen molar-refractivity contribution < 1.29 is 14.6 Å². The monoisotopic (exact) mass is 301 g/mol. The van der Waals surface area contributed by atoms with Gasteiger partial charge >= 0.3 is 5.97 Å². The number of nitrogens with zero attached hydrogens (tertiary/aromatic N) is 3. The number of carboxylic acid groups (broad SMARTS) is 1. The summed E-state index contributed by atoms with van der Waals surface area (Å²) in [4.78, 5) is 13.9. The molecule has 0 aliphatic carbocycles. The van der Waals surface area contributed by atoms with Crippen LogP contribution in [-0.2, 0) is 6.54 Å². The molecule has 22 heavy (non-hydrogen) atoms. The second-order valence-electron chi connectivity index (χ2n) is 5.35. The molecule has 1 saturated heterocycles. The molecule has 3 rings (SSSR count). The van der Waals surface area contributed by atoms with Gasteiger partial charge in [-0.05, 0) is 38.1 Å². The minimum absolute atomic E-state index is 0.100. The first-order valence-corrected chi connectivity index (χ1v) is 7.48. The second-order valence-corrected chi connectivity index (χ2v) is 5.35. The van der Waals surface area contributed by atoms with E-state index in [-0.39, 0.29) is 11.4 Å². The zero-order chi connectivity index (χ0) is 15.4. The first-order chi connectivity index (χ1) is 10.7. The summed E-state index contributed by atoms with van der Waals surface area (Å²) >= 11 is 0. The number of likely N-dealkylation sites (tertiary alicyclic amines) is 1. The lowest BCUT2D eigenvalue weighted by Gasteiger charge is -2.14. The van der Waals surface area contributed by atoms with Crippen molar-refractivity contribution in [3.8, 4) is 11.5 Å². The van der Waals surface area contributed by atoms with Crippen LogP contribution in [0.1, 0.15) is 23.3 Å². The quantitative estimate of drug-likeness (QED) is 0.887. The van der Waals surface area contributed by atoms with Crippen LogP contribution >= 0.6 is 0 Å². The summed E-state index contributed by atoms with van der Waals surface area (Å²) in [6, 6.07) is 9.13. The van der Waals surface area contributed by atoms with Crippen LogP contribution in [0.15, 0.2) is 36.5 Å². The lowest BCUT2D eigenvalue weighted by atomic mass is 10.3. The number of hydrogen-bond donors (Lipinski definition) is 1. The molecule has 0 spiro atoms. The molecule has 1 aliphatic heterocycles. The molecular weight excluding hydrogens is 282 g/mol. The fourth-order valence-corrected chi connectivity index (χ4v) is 2.69. The van der Waals surface area contributed by atoms with Crippen molar-refractivity contribution in [2.75, 3.05) is 19.6 Å². The zero-order valence-corrected chi connectivity index (χ0v) is 12.3. The fourth-order valence-electron chi connectivity index (χ4n) is 2.69. The van der Waals surface area contributed by atoms with E-state index in [1.54, 1.807) is 12.1 Å². The number of hydrogen-bond acceptors (Lipinski definition) is 4. The third-order valence-corrected chi connectivity index (χ3v) is 3.81. The lowest BCUT2D eigenvalue weighted by molar-refractivity contribution is 0.0679. The molecule has 116 valence electrons. The largest absolute Gasteiger partial charge is 0.476 e. The average Bonchev–Trinajstić information content (AvgIpc) is 3.15. The lowest BCUT2D eigenvalue weighted by Crippen LogP contribution is -2.25. The number of benzene rings is 1. The molecule has 0 bridgehead atoms. The highest BCUT2D eigenvalue weighted by Gasteiger charge is 2.21. The van der Waals surface area contributed by atoms with Gasteiger partial charge in [0.15, 0.2) is 11.4 Å². The van der Waals surface area contributed by atoms with Gasteiger partial charge < -0.3 is 14.7 Å². The van der Waals surface area contributed by atoms with Crippen LogP contribution in [0.25, 0.3) is 0 Å². The Morgan fingerprint density at radius 3 is 2.59 bits per heavy atom. The van der Waals surface area contributed by atoms with Crippen LogP contribution in [0, 0.1) is 0 Å². The van der Waals surface area contributed by atoms with Crippen LogP contribution in [0.3, 0.4) is 0 Å². The molecule has 1 aromatic heterocycles. The van der Waals surface area contributed by atoms with Crippen molar-refractivity contribution >= 4 is 5.97 Å². The maximum absolute atomic E-state index is 11.5. The predicted molar refractivity (Wildman–Crippen MR) is 81.4 cm³/mol. The predicted octanol–water partition coefficient (Wildman–Crippen LogP) is 2.47. The molecular formula is C16H19N3O3. The van der Waals surface area contributed by atoms with E-state index in [1.807, 2.05) is 18.2 Å². The van der Waals surface area contributed by atoms with Crippen molar-refractivity contribution in [2.24, 2.45) is 0 Å². The van der Waals surface area contributed by atoms with Crippen LogP contribution in [0.2, 0.25) is 0 Å². The molecule has 0 radical (unpaired) electrons. The summed E-state index contributed by atoms with van der Waals surface area (Å²) < 4.78 is 7.16. The van der Waals surface area contributed by atoms with E-state index in [4.69, 9.17) is 4.74 Å². The molecule has 0 amide bonds. The smallest absolute Gasteiger partial charge is 0.358 e. The van der Waals surface area contributed by atoms with E-state index >= 15 is 0 Å². The summed E-state index contributed by atoms with van der Waals surface area (Å²) in [5, 5.41) is 13.6. The van der Waals surface area contributed by atoms with Crippen molar-refractivity contribution in [1.82, 2.24) is 14.7 Å². The van der Waals surface area contributed by atoms with Gasteiger partial charge in [0.05, 0.1) is 12.7 Å². The van der Waals surface area contributed by atoms with Gasteiger partial charge in [-0.25, -0.2) is 4.79 Å². The van der Waals surface area contributed by atoms with Crippen LogP contribution in [0.4, 0.5) is 0 Å². The molecule has 1 aromatic carbocycles. The zero-order valence-electron chi connectivity index (χ0n) is 12.3. The Balaban J connectivity index is 1.74. The van der Waals surface area contributed by atoms with Gasteiger partial charge in [0.25, 0.3) is 0 Å². The Morgan fingerprint density at radius 2 is 1.91 bits per heavy atom.